The average Bonchev–Trinajstić information content (AvgIpc) is 3.08. The number of hydrogen-bond acceptors (Lipinski definition) is 5. The Morgan fingerprint density at radius 3 is 2.39 bits per heavy atom. The predicted octanol–water partition coefficient (Wildman–Crippen LogP) is 6.51. The van der Waals surface area contributed by atoms with E-state index in [0.29, 0.717) is 39.2 Å². The summed E-state index contributed by atoms with van der Waals surface area (Å²) in [4.78, 5) is 14.5. The van der Waals surface area contributed by atoms with Crippen molar-refractivity contribution in [2.45, 2.75) is 20.0 Å². The summed E-state index contributed by atoms with van der Waals surface area (Å²) < 4.78 is 12.7. The molecule has 0 unspecified atom stereocenters. The zero-order chi connectivity index (χ0) is 19.7. The van der Waals surface area contributed by atoms with E-state index >= 15 is 0 Å². The average molecular weight is 433 g/mol. The molecule has 2 aromatic heterocycles. The number of nitrogens with zero attached hydrogens (tertiary/aromatic N) is 3. The van der Waals surface area contributed by atoms with E-state index in [-0.39, 0.29) is 0 Å². The zero-order valence-corrected chi connectivity index (χ0v) is 17.2. The van der Waals surface area contributed by atoms with E-state index in [4.69, 9.17) is 28.2 Å². The smallest absolute Gasteiger partial charge is 0.161 e. The highest BCUT2D eigenvalue weighted by molar-refractivity contribution is 7.18. The number of fused-ring (bicyclic) bond motifs is 1. The van der Waals surface area contributed by atoms with Crippen LogP contribution in [0.2, 0.25) is 10.0 Å². The van der Waals surface area contributed by atoms with Gasteiger partial charge in [0.25, 0.3) is 0 Å². The minimum atomic E-state index is -0.489. The number of nitrogens with one attached hydrogen (secondary N) is 1. The minimum Gasteiger partial charge on any atom is -0.338 e. The first-order chi connectivity index (χ1) is 13.5. The van der Waals surface area contributed by atoms with Crippen molar-refractivity contribution in [2.75, 3.05) is 5.32 Å². The molecule has 2 heterocycles. The molecule has 0 amide bonds. The monoisotopic (exact) mass is 432 g/mol. The van der Waals surface area contributed by atoms with Crippen molar-refractivity contribution < 1.29 is 4.39 Å². The fraction of sp³-hybridized carbons (Fsp3) is 0.150. The Labute approximate surface area is 175 Å². The van der Waals surface area contributed by atoms with Gasteiger partial charge in [-0.3, -0.25) is 0 Å². The van der Waals surface area contributed by atoms with E-state index in [1.165, 1.54) is 11.3 Å². The molecule has 0 aliphatic rings. The van der Waals surface area contributed by atoms with E-state index in [2.05, 4.69) is 15.3 Å². The van der Waals surface area contributed by atoms with E-state index in [0.717, 1.165) is 21.1 Å². The third-order valence-electron chi connectivity index (χ3n) is 4.18. The minimum absolute atomic E-state index is 0.489. The fourth-order valence-corrected chi connectivity index (χ4v) is 4.33. The zero-order valence-electron chi connectivity index (χ0n) is 14.8. The van der Waals surface area contributed by atoms with Crippen molar-refractivity contribution in [1.82, 2.24) is 15.0 Å². The van der Waals surface area contributed by atoms with Crippen LogP contribution in [0.25, 0.3) is 10.3 Å². The summed E-state index contributed by atoms with van der Waals surface area (Å²) in [6, 6.07) is 12.5. The number of alkyl halides is 1. The molecule has 0 saturated carbocycles. The highest BCUT2D eigenvalue weighted by Crippen LogP contribution is 2.32. The Bertz CT molecular complexity index is 1120. The van der Waals surface area contributed by atoms with Crippen LogP contribution in [0.15, 0.2) is 42.5 Å². The van der Waals surface area contributed by atoms with Crippen LogP contribution in [-0.4, -0.2) is 15.0 Å². The molecule has 8 heteroatoms. The summed E-state index contributed by atoms with van der Waals surface area (Å²) in [7, 11) is 0. The summed E-state index contributed by atoms with van der Waals surface area (Å²) >= 11 is 14.1. The van der Waals surface area contributed by atoms with E-state index in [1.54, 1.807) is 12.1 Å². The highest BCUT2D eigenvalue weighted by Gasteiger charge is 2.15. The van der Waals surface area contributed by atoms with Gasteiger partial charge in [0.15, 0.2) is 5.82 Å². The van der Waals surface area contributed by atoms with Crippen LogP contribution in [0.4, 0.5) is 15.9 Å². The number of thiazole rings is 1. The third kappa shape index (κ3) is 3.94. The van der Waals surface area contributed by atoms with Gasteiger partial charge in [0.1, 0.15) is 27.9 Å². The number of aromatic nitrogens is 3. The maximum atomic E-state index is 12.7. The Morgan fingerprint density at radius 2 is 1.71 bits per heavy atom. The second-order valence-electron chi connectivity index (χ2n) is 6.21. The number of anilines is 2. The summed E-state index contributed by atoms with van der Waals surface area (Å²) in [5, 5.41) is 5.33. The Balaban J connectivity index is 1.69. The molecular formula is C20H15Cl2FN4S. The molecule has 2 aromatic carbocycles. The second kappa shape index (κ2) is 7.99. The molecule has 4 nitrogen and oxygen atoms in total. The number of hydrogen-bond donors (Lipinski definition) is 1. The van der Waals surface area contributed by atoms with E-state index < -0.39 is 6.67 Å². The Morgan fingerprint density at radius 1 is 1.00 bits per heavy atom. The lowest BCUT2D eigenvalue weighted by atomic mass is 10.1. The molecule has 0 fully saturated rings. The molecular weight excluding hydrogens is 418 g/mol. The molecule has 142 valence electrons. The van der Waals surface area contributed by atoms with Gasteiger partial charge in [0, 0.05) is 22.2 Å². The van der Waals surface area contributed by atoms with Gasteiger partial charge in [-0.25, -0.2) is 19.3 Å². The summed E-state index contributed by atoms with van der Waals surface area (Å²) in [6.45, 7) is 1.35. The standard InChI is InChI=1S/C20H15Cl2FN4S/c1-11-24-19(26-13-7-5-12(10-23)6-8-13)18-20(25-11)28-17(27-18)9-14-15(21)3-2-4-16(14)22/h2-8H,9-10H2,1H3,(H,24,25,26). The van der Waals surface area contributed by atoms with Crippen LogP contribution in [-0.2, 0) is 13.1 Å². The first kappa shape index (κ1) is 19.1. The molecule has 0 spiro atoms. The van der Waals surface area contributed by atoms with Crippen LogP contribution in [0.3, 0.4) is 0 Å². The maximum absolute atomic E-state index is 12.7. The topological polar surface area (TPSA) is 50.7 Å². The number of halogens is 3. The molecule has 1 N–H and O–H groups in total. The molecule has 0 saturated heterocycles. The highest BCUT2D eigenvalue weighted by atomic mass is 35.5. The lowest BCUT2D eigenvalue weighted by molar-refractivity contribution is 0.485. The largest absolute Gasteiger partial charge is 0.338 e. The van der Waals surface area contributed by atoms with Gasteiger partial charge in [0.05, 0.1) is 0 Å². The van der Waals surface area contributed by atoms with Crippen molar-refractivity contribution in [3.05, 3.63) is 74.5 Å². The molecule has 0 radical (unpaired) electrons. The first-order valence-corrected chi connectivity index (χ1v) is 10.1. The SMILES string of the molecule is Cc1nc(Nc2ccc(CF)cc2)c2nc(Cc3c(Cl)cccc3Cl)sc2n1. The van der Waals surface area contributed by atoms with Gasteiger partial charge in [-0.1, -0.05) is 52.7 Å². The van der Waals surface area contributed by atoms with Crippen LogP contribution >= 0.6 is 34.5 Å². The van der Waals surface area contributed by atoms with Gasteiger partial charge in [-0.15, -0.1) is 0 Å². The quantitative estimate of drug-likeness (QED) is 0.390. The van der Waals surface area contributed by atoms with Crippen LogP contribution < -0.4 is 5.32 Å². The third-order valence-corrected chi connectivity index (χ3v) is 5.83. The van der Waals surface area contributed by atoms with Gasteiger partial charge in [-0.2, -0.15) is 0 Å². The molecule has 28 heavy (non-hydrogen) atoms. The van der Waals surface area contributed by atoms with Gasteiger partial charge in [-0.05, 0) is 42.3 Å². The van der Waals surface area contributed by atoms with Crippen molar-refractivity contribution >= 4 is 56.4 Å². The van der Waals surface area contributed by atoms with Gasteiger partial charge in [0.2, 0.25) is 0 Å². The number of benzene rings is 2. The fourth-order valence-electron chi connectivity index (χ4n) is 2.80. The summed E-state index contributed by atoms with van der Waals surface area (Å²) in [5.41, 5.74) is 2.96. The second-order valence-corrected chi connectivity index (χ2v) is 8.09. The van der Waals surface area contributed by atoms with Crippen LogP contribution in [0, 0.1) is 6.92 Å². The van der Waals surface area contributed by atoms with Gasteiger partial charge < -0.3 is 5.32 Å². The van der Waals surface area contributed by atoms with E-state index in [1.807, 2.05) is 37.3 Å². The molecule has 0 aliphatic carbocycles. The lowest BCUT2D eigenvalue weighted by Crippen LogP contribution is -1.98. The number of aryl methyl sites for hydroxylation is 1. The molecule has 4 rings (SSSR count). The molecule has 4 aromatic rings. The van der Waals surface area contributed by atoms with Crippen molar-refractivity contribution in [1.29, 1.82) is 0 Å². The maximum Gasteiger partial charge on any atom is 0.161 e. The number of rotatable bonds is 5. The van der Waals surface area contributed by atoms with Crippen LogP contribution in [0.1, 0.15) is 22.0 Å². The Kier molecular flexibility index (Phi) is 5.44. The van der Waals surface area contributed by atoms with E-state index in [9.17, 15) is 4.39 Å². The van der Waals surface area contributed by atoms with Gasteiger partial charge >= 0.3 is 0 Å². The van der Waals surface area contributed by atoms with Crippen molar-refractivity contribution in [3.63, 3.8) is 0 Å². The first-order valence-electron chi connectivity index (χ1n) is 8.52. The molecule has 0 atom stereocenters. The van der Waals surface area contributed by atoms with Crippen molar-refractivity contribution in [3.8, 4) is 0 Å². The van der Waals surface area contributed by atoms with Crippen LogP contribution in [0.5, 0.6) is 0 Å². The lowest BCUT2D eigenvalue weighted by Gasteiger charge is -2.07. The summed E-state index contributed by atoms with van der Waals surface area (Å²) in [5.74, 6) is 1.25. The summed E-state index contributed by atoms with van der Waals surface area (Å²) in [6.07, 6.45) is 0.517. The Hall–Kier alpha value is -2.28. The predicted molar refractivity (Wildman–Crippen MR) is 114 cm³/mol. The molecule has 0 aliphatic heterocycles. The normalized spacial score (nSPS) is 11.1. The molecule has 0 bridgehead atoms. The van der Waals surface area contributed by atoms with Crippen molar-refractivity contribution in [2.24, 2.45) is 0 Å².